The molecule has 0 unspecified atom stereocenters. The third kappa shape index (κ3) is 4.12. The predicted octanol–water partition coefficient (Wildman–Crippen LogP) is 2.28. The van der Waals surface area contributed by atoms with E-state index in [0.29, 0.717) is 19.7 Å². The standard InChI is InChI=1S/C14H16N2O3S/c1-19-8-11-4-2-3-10(5-11)6-15-7-12-9-20-13(16-12)14(17)18/h2-5,9,15H,6-8H2,1H3,(H,17,18). The smallest absolute Gasteiger partial charge is 0.365 e. The highest BCUT2D eigenvalue weighted by molar-refractivity contribution is 7.11. The van der Waals surface area contributed by atoms with Crippen molar-refractivity contribution >= 4 is 17.3 Å². The molecule has 20 heavy (non-hydrogen) atoms. The number of carboxylic acids is 1. The highest BCUT2D eigenvalue weighted by Crippen LogP contribution is 2.10. The summed E-state index contributed by atoms with van der Waals surface area (Å²) in [6.45, 7) is 1.86. The van der Waals surface area contributed by atoms with Gasteiger partial charge in [-0.05, 0) is 11.1 Å². The Bertz CT molecular complexity index is 583. The zero-order valence-electron chi connectivity index (χ0n) is 11.1. The quantitative estimate of drug-likeness (QED) is 0.819. The Kier molecular flexibility index (Phi) is 5.23. The van der Waals surface area contributed by atoms with Crippen molar-refractivity contribution in [1.29, 1.82) is 0 Å². The van der Waals surface area contributed by atoms with Gasteiger partial charge in [0.1, 0.15) is 0 Å². The van der Waals surface area contributed by atoms with Crippen molar-refractivity contribution in [2.24, 2.45) is 0 Å². The largest absolute Gasteiger partial charge is 0.476 e. The van der Waals surface area contributed by atoms with Crippen molar-refractivity contribution in [3.63, 3.8) is 0 Å². The summed E-state index contributed by atoms with van der Waals surface area (Å²) in [5.74, 6) is -0.978. The number of benzene rings is 1. The Morgan fingerprint density at radius 2 is 2.20 bits per heavy atom. The van der Waals surface area contributed by atoms with E-state index >= 15 is 0 Å². The van der Waals surface area contributed by atoms with E-state index in [0.717, 1.165) is 28.2 Å². The Balaban J connectivity index is 1.85. The van der Waals surface area contributed by atoms with E-state index in [-0.39, 0.29) is 5.01 Å². The Morgan fingerprint density at radius 3 is 2.90 bits per heavy atom. The Labute approximate surface area is 121 Å². The lowest BCUT2D eigenvalue weighted by Gasteiger charge is -2.05. The molecule has 1 aromatic heterocycles. The summed E-state index contributed by atoms with van der Waals surface area (Å²) in [7, 11) is 1.67. The number of ether oxygens (including phenoxy) is 1. The SMILES string of the molecule is COCc1cccc(CNCc2csc(C(=O)O)n2)c1. The number of nitrogens with one attached hydrogen (secondary N) is 1. The summed E-state index contributed by atoms with van der Waals surface area (Å²) >= 11 is 1.15. The van der Waals surface area contributed by atoms with Crippen LogP contribution in [0.5, 0.6) is 0 Å². The molecule has 106 valence electrons. The van der Waals surface area contributed by atoms with Crippen LogP contribution in [-0.2, 0) is 24.4 Å². The van der Waals surface area contributed by atoms with Crippen molar-refractivity contribution in [3.05, 3.63) is 51.5 Å². The lowest BCUT2D eigenvalue weighted by molar-refractivity contribution is 0.0696. The van der Waals surface area contributed by atoms with Gasteiger partial charge in [-0.15, -0.1) is 11.3 Å². The normalized spacial score (nSPS) is 10.7. The summed E-state index contributed by atoms with van der Waals surface area (Å²) in [6, 6.07) is 8.14. The molecule has 0 saturated carbocycles. The number of carbonyl (C=O) groups is 1. The van der Waals surface area contributed by atoms with Crippen molar-refractivity contribution in [3.8, 4) is 0 Å². The molecule has 0 radical (unpaired) electrons. The average molecular weight is 292 g/mol. The van der Waals surface area contributed by atoms with Crippen LogP contribution < -0.4 is 5.32 Å². The Hall–Kier alpha value is -1.76. The van der Waals surface area contributed by atoms with Gasteiger partial charge in [-0.1, -0.05) is 24.3 Å². The molecule has 0 aliphatic carbocycles. The van der Waals surface area contributed by atoms with Crippen molar-refractivity contribution in [1.82, 2.24) is 10.3 Å². The lowest BCUT2D eigenvalue weighted by Crippen LogP contribution is -2.13. The number of hydrogen-bond donors (Lipinski definition) is 2. The van der Waals surface area contributed by atoms with Crippen LogP contribution in [0.4, 0.5) is 0 Å². The van der Waals surface area contributed by atoms with Gasteiger partial charge < -0.3 is 15.2 Å². The highest BCUT2D eigenvalue weighted by Gasteiger charge is 2.08. The first-order valence-electron chi connectivity index (χ1n) is 6.14. The van der Waals surface area contributed by atoms with Gasteiger partial charge in [0.05, 0.1) is 12.3 Å². The molecule has 2 aromatic rings. The van der Waals surface area contributed by atoms with Crippen LogP contribution >= 0.6 is 11.3 Å². The molecule has 0 saturated heterocycles. The molecule has 0 atom stereocenters. The molecule has 6 heteroatoms. The molecule has 0 aliphatic heterocycles. The van der Waals surface area contributed by atoms with E-state index in [1.54, 1.807) is 12.5 Å². The topological polar surface area (TPSA) is 71.5 Å². The maximum atomic E-state index is 10.7. The molecule has 2 N–H and O–H groups in total. The molecule has 0 aliphatic rings. The number of thiazole rings is 1. The number of methoxy groups -OCH3 is 1. The molecule has 0 spiro atoms. The van der Waals surface area contributed by atoms with Crippen molar-refractivity contribution < 1.29 is 14.6 Å². The van der Waals surface area contributed by atoms with Crippen LogP contribution in [-0.4, -0.2) is 23.2 Å². The summed E-state index contributed by atoms with van der Waals surface area (Å²) < 4.78 is 5.10. The van der Waals surface area contributed by atoms with E-state index in [4.69, 9.17) is 9.84 Å². The van der Waals surface area contributed by atoms with Gasteiger partial charge in [0, 0.05) is 25.6 Å². The first-order chi connectivity index (χ1) is 9.69. The van der Waals surface area contributed by atoms with Gasteiger partial charge >= 0.3 is 5.97 Å². The number of rotatable bonds is 7. The van der Waals surface area contributed by atoms with Crippen LogP contribution in [0.3, 0.4) is 0 Å². The number of carboxylic acid groups (broad SMARTS) is 1. The Morgan fingerprint density at radius 1 is 1.40 bits per heavy atom. The molecule has 0 amide bonds. The number of hydrogen-bond acceptors (Lipinski definition) is 5. The number of nitrogens with zero attached hydrogens (tertiary/aromatic N) is 1. The fourth-order valence-electron chi connectivity index (χ4n) is 1.82. The van der Waals surface area contributed by atoms with Gasteiger partial charge in [-0.25, -0.2) is 9.78 Å². The maximum Gasteiger partial charge on any atom is 0.365 e. The average Bonchev–Trinajstić information content (AvgIpc) is 2.89. The molecular weight excluding hydrogens is 276 g/mol. The fraction of sp³-hybridized carbons (Fsp3) is 0.286. The maximum absolute atomic E-state index is 10.7. The second-order valence-corrected chi connectivity index (χ2v) is 5.16. The van der Waals surface area contributed by atoms with E-state index in [1.807, 2.05) is 18.2 Å². The van der Waals surface area contributed by atoms with Crippen molar-refractivity contribution in [2.45, 2.75) is 19.7 Å². The predicted molar refractivity (Wildman–Crippen MR) is 76.8 cm³/mol. The van der Waals surface area contributed by atoms with Gasteiger partial charge in [0.2, 0.25) is 5.01 Å². The molecule has 2 rings (SSSR count). The van der Waals surface area contributed by atoms with Gasteiger partial charge in [-0.3, -0.25) is 0 Å². The van der Waals surface area contributed by atoms with Crippen LogP contribution in [0.25, 0.3) is 0 Å². The van der Waals surface area contributed by atoms with Gasteiger partial charge in [-0.2, -0.15) is 0 Å². The number of aromatic carboxylic acids is 1. The van der Waals surface area contributed by atoms with E-state index in [1.165, 1.54) is 0 Å². The minimum Gasteiger partial charge on any atom is -0.476 e. The summed E-state index contributed by atoms with van der Waals surface area (Å²) in [6.07, 6.45) is 0. The highest BCUT2D eigenvalue weighted by atomic mass is 32.1. The zero-order valence-corrected chi connectivity index (χ0v) is 11.9. The van der Waals surface area contributed by atoms with E-state index in [9.17, 15) is 4.79 Å². The molecular formula is C14H16N2O3S. The minimum absolute atomic E-state index is 0.129. The fourth-order valence-corrected chi connectivity index (χ4v) is 2.47. The first-order valence-corrected chi connectivity index (χ1v) is 7.02. The second kappa shape index (κ2) is 7.14. The number of aromatic nitrogens is 1. The van der Waals surface area contributed by atoms with Gasteiger partial charge in [0.25, 0.3) is 0 Å². The monoisotopic (exact) mass is 292 g/mol. The van der Waals surface area contributed by atoms with Crippen molar-refractivity contribution in [2.75, 3.05) is 7.11 Å². The molecule has 0 bridgehead atoms. The zero-order chi connectivity index (χ0) is 14.4. The van der Waals surface area contributed by atoms with Crippen LogP contribution in [0, 0.1) is 0 Å². The summed E-state index contributed by atoms with van der Waals surface area (Å²) in [4.78, 5) is 14.7. The summed E-state index contributed by atoms with van der Waals surface area (Å²) in [5, 5.41) is 13.9. The van der Waals surface area contributed by atoms with Crippen LogP contribution in [0.15, 0.2) is 29.6 Å². The summed E-state index contributed by atoms with van der Waals surface area (Å²) in [5.41, 5.74) is 3.04. The van der Waals surface area contributed by atoms with E-state index < -0.39 is 5.97 Å². The molecule has 5 nitrogen and oxygen atoms in total. The third-order valence-corrected chi connectivity index (χ3v) is 3.55. The molecule has 1 aromatic carbocycles. The van der Waals surface area contributed by atoms with Crippen LogP contribution in [0.2, 0.25) is 0 Å². The third-order valence-electron chi connectivity index (χ3n) is 2.67. The molecule has 0 fully saturated rings. The minimum atomic E-state index is -0.978. The van der Waals surface area contributed by atoms with Crippen LogP contribution in [0.1, 0.15) is 26.6 Å². The molecule has 1 heterocycles. The second-order valence-electron chi connectivity index (χ2n) is 4.31. The van der Waals surface area contributed by atoms with Gasteiger partial charge in [0.15, 0.2) is 0 Å². The van der Waals surface area contributed by atoms with E-state index in [2.05, 4.69) is 16.4 Å². The lowest BCUT2D eigenvalue weighted by atomic mass is 10.1. The first kappa shape index (κ1) is 14.6.